The number of hydrogen-bond acceptors (Lipinski definition) is 4. The highest BCUT2D eigenvalue weighted by molar-refractivity contribution is 5.76. The van der Waals surface area contributed by atoms with Crippen LogP contribution in [0, 0.1) is 0 Å². The van der Waals surface area contributed by atoms with E-state index >= 15 is 0 Å². The Morgan fingerprint density at radius 1 is 0.438 bits per heavy atom. The molecule has 0 aromatic rings. The SMILES string of the molecule is CCCCCCCCCCCCCCCCCCCCCCCC(O)C(O)C(CO)NC(=O)CCCCCCCCCCCCCCC. The van der Waals surface area contributed by atoms with Gasteiger partial charge in [0.25, 0.3) is 0 Å². The van der Waals surface area contributed by atoms with Gasteiger partial charge in [0.15, 0.2) is 0 Å². The molecule has 3 unspecified atom stereocenters. The van der Waals surface area contributed by atoms with Gasteiger partial charge in [-0.3, -0.25) is 4.79 Å². The van der Waals surface area contributed by atoms with Gasteiger partial charge in [-0.25, -0.2) is 0 Å². The lowest BCUT2D eigenvalue weighted by molar-refractivity contribution is -0.124. The van der Waals surface area contributed by atoms with Crippen molar-refractivity contribution in [1.82, 2.24) is 5.32 Å². The molecule has 0 bridgehead atoms. The Kier molecular flexibility index (Phi) is 38.6. The topological polar surface area (TPSA) is 89.8 Å². The van der Waals surface area contributed by atoms with E-state index in [1.165, 1.54) is 186 Å². The number of unbranched alkanes of at least 4 members (excludes halogenated alkanes) is 32. The van der Waals surface area contributed by atoms with Crippen molar-refractivity contribution >= 4 is 5.91 Å². The largest absolute Gasteiger partial charge is 0.394 e. The maximum absolute atomic E-state index is 12.4. The summed E-state index contributed by atoms with van der Waals surface area (Å²) < 4.78 is 0. The second kappa shape index (κ2) is 39.1. The molecular formula is C43H87NO4. The first-order valence-electron chi connectivity index (χ1n) is 21.8. The zero-order valence-electron chi connectivity index (χ0n) is 32.6. The van der Waals surface area contributed by atoms with Crippen LogP contribution in [0.3, 0.4) is 0 Å². The Morgan fingerprint density at radius 2 is 0.708 bits per heavy atom. The van der Waals surface area contributed by atoms with Crippen LogP contribution >= 0.6 is 0 Å². The molecule has 0 heterocycles. The molecular weight excluding hydrogens is 594 g/mol. The normalized spacial score (nSPS) is 13.5. The molecule has 288 valence electrons. The summed E-state index contributed by atoms with van der Waals surface area (Å²) in [5.41, 5.74) is 0. The first kappa shape index (κ1) is 47.4. The van der Waals surface area contributed by atoms with Gasteiger partial charge in [-0.15, -0.1) is 0 Å². The van der Waals surface area contributed by atoms with E-state index in [-0.39, 0.29) is 12.5 Å². The second-order valence-electron chi connectivity index (χ2n) is 15.3. The van der Waals surface area contributed by atoms with Gasteiger partial charge in [0.2, 0.25) is 5.91 Å². The summed E-state index contributed by atoms with van der Waals surface area (Å²) in [6.07, 6.45) is 43.5. The van der Waals surface area contributed by atoms with E-state index in [1.54, 1.807) is 0 Å². The summed E-state index contributed by atoms with van der Waals surface area (Å²) in [7, 11) is 0. The highest BCUT2D eigenvalue weighted by atomic mass is 16.3. The molecule has 5 heteroatoms. The van der Waals surface area contributed by atoms with Gasteiger partial charge in [-0.05, 0) is 12.8 Å². The maximum atomic E-state index is 12.4. The number of amides is 1. The molecule has 0 radical (unpaired) electrons. The van der Waals surface area contributed by atoms with E-state index < -0.39 is 18.2 Å². The number of hydrogen-bond donors (Lipinski definition) is 4. The molecule has 0 fully saturated rings. The standard InChI is InChI=1S/C43H87NO4/c1-3-5-7-9-11-13-15-17-18-19-20-21-22-23-24-26-27-29-31-33-35-37-41(46)43(48)40(39-45)44-42(47)38-36-34-32-30-28-25-16-14-12-10-8-6-4-2/h40-41,43,45-46,48H,3-39H2,1-2H3,(H,44,47). The Labute approximate surface area is 300 Å². The fourth-order valence-corrected chi connectivity index (χ4v) is 7.05. The average molecular weight is 682 g/mol. The lowest BCUT2D eigenvalue weighted by Crippen LogP contribution is -2.50. The summed E-state index contributed by atoms with van der Waals surface area (Å²) >= 11 is 0. The van der Waals surface area contributed by atoms with Crippen molar-refractivity contribution in [2.45, 2.75) is 263 Å². The lowest BCUT2D eigenvalue weighted by atomic mass is 9.99. The van der Waals surface area contributed by atoms with Gasteiger partial charge >= 0.3 is 0 Å². The second-order valence-corrected chi connectivity index (χ2v) is 15.3. The van der Waals surface area contributed by atoms with Crippen LogP contribution in [0.1, 0.15) is 245 Å². The predicted molar refractivity (Wildman–Crippen MR) is 209 cm³/mol. The first-order chi connectivity index (χ1) is 23.6. The van der Waals surface area contributed by atoms with E-state index in [4.69, 9.17) is 0 Å². The molecule has 4 N–H and O–H groups in total. The highest BCUT2D eigenvalue weighted by Crippen LogP contribution is 2.17. The fourth-order valence-electron chi connectivity index (χ4n) is 7.05. The van der Waals surface area contributed by atoms with E-state index in [0.29, 0.717) is 12.8 Å². The van der Waals surface area contributed by atoms with Crippen LogP contribution in [0.2, 0.25) is 0 Å². The summed E-state index contributed by atoms with van der Waals surface area (Å²) in [6.45, 7) is 4.19. The Morgan fingerprint density at radius 3 is 1.00 bits per heavy atom. The third kappa shape index (κ3) is 33.8. The molecule has 0 aliphatic rings. The molecule has 0 aromatic carbocycles. The molecule has 0 aromatic heterocycles. The molecule has 3 atom stereocenters. The lowest BCUT2D eigenvalue weighted by Gasteiger charge is -2.26. The maximum Gasteiger partial charge on any atom is 0.220 e. The summed E-state index contributed by atoms with van der Waals surface area (Å²) in [5, 5.41) is 33.5. The molecule has 0 saturated heterocycles. The third-order valence-corrected chi connectivity index (χ3v) is 10.5. The molecule has 0 rings (SSSR count). The van der Waals surface area contributed by atoms with Crippen LogP contribution in [-0.4, -0.2) is 46.1 Å². The van der Waals surface area contributed by atoms with Crippen molar-refractivity contribution in [2.75, 3.05) is 6.61 Å². The zero-order chi connectivity index (χ0) is 35.2. The van der Waals surface area contributed by atoms with E-state index in [0.717, 1.165) is 32.1 Å². The number of rotatable bonds is 40. The van der Waals surface area contributed by atoms with Gasteiger partial charge in [0.05, 0.1) is 18.8 Å². The highest BCUT2D eigenvalue weighted by Gasteiger charge is 2.26. The smallest absolute Gasteiger partial charge is 0.220 e. The van der Waals surface area contributed by atoms with Crippen LogP contribution in [0.4, 0.5) is 0 Å². The molecule has 0 aliphatic heterocycles. The van der Waals surface area contributed by atoms with Crippen molar-refractivity contribution in [3.8, 4) is 0 Å². The minimum atomic E-state index is -1.13. The number of aliphatic hydroxyl groups is 3. The van der Waals surface area contributed by atoms with Crippen LogP contribution < -0.4 is 5.32 Å². The minimum Gasteiger partial charge on any atom is -0.394 e. The summed E-state index contributed by atoms with van der Waals surface area (Å²) in [6, 6.07) is -0.802. The quantitative estimate of drug-likeness (QED) is 0.0485. The Bertz CT molecular complexity index is 630. The summed E-state index contributed by atoms with van der Waals surface area (Å²) in [5.74, 6) is -0.141. The van der Waals surface area contributed by atoms with Crippen LogP contribution in [0.15, 0.2) is 0 Å². The monoisotopic (exact) mass is 682 g/mol. The fraction of sp³-hybridized carbons (Fsp3) is 0.977. The molecule has 5 nitrogen and oxygen atoms in total. The van der Waals surface area contributed by atoms with E-state index in [1.807, 2.05) is 0 Å². The Balaban J connectivity index is 3.57. The molecule has 0 saturated carbocycles. The van der Waals surface area contributed by atoms with Crippen LogP contribution in [0.5, 0.6) is 0 Å². The summed E-state index contributed by atoms with van der Waals surface area (Å²) in [4.78, 5) is 12.4. The van der Waals surface area contributed by atoms with Crippen molar-refractivity contribution in [2.24, 2.45) is 0 Å². The number of carbonyl (C=O) groups is 1. The van der Waals surface area contributed by atoms with Crippen molar-refractivity contribution < 1.29 is 20.1 Å². The zero-order valence-corrected chi connectivity index (χ0v) is 32.6. The van der Waals surface area contributed by atoms with Gasteiger partial charge in [-0.1, -0.05) is 226 Å². The molecule has 0 aliphatic carbocycles. The van der Waals surface area contributed by atoms with Crippen molar-refractivity contribution in [1.29, 1.82) is 0 Å². The van der Waals surface area contributed by atoms with Gasteiger partial charge in [0.1, 0.15) is 6.10 Å². The number of carbonyl (C=O) groups excluding carboxylic acids is 1. The number of aliphatic hydroxyl groups excluding tert-OH is 3. The molecule has 0 spiro atoms. The minimum absolute atomic E-state index is 0.141. The van der Waals surface area contributed by atoms with Gasteiger partial charge in [-0.2, -0.15) is 0 Å². The van der Waals surface area contributed by atoms with Crippen molar-refractivity contribution in [3.63, 3.8) is 0 Å². The first-order valence-corrected chi connectivity index (χ1v) is 21.8. The average Bonchev–Trinajstić information content (AvgIpc) is 3.09. The van der Waals surface area contributed by atoms with E-state index in [2.05, 4.69) is 19.2 Å². The van der Waals surface area contributed by atoms with Crippen molar-refractivity contribution in [3.05, 3.63) is 0 Å². The van der Waals surface area contributed by atoms with Gasteiger partial charge < -0.3 is 20.6 Å². The predicted octanol–water partition coefficient (Wildman–Crippen LogP) is 12.3. The van der Waals surface area contributed by atoms with Crippen LogP contribution in [-0.2, 0) is 4.79 Å². The van der Waals surface area contributed by atoms with Crippen LogP contribution in [0.25, 0.3) is 0 Å². The number of nitrogens with one attached hydrogen (secondary N) is 1. The van der Waals surface area contributed by atoms with Gasteiger partial charge in [0, 0.05) is 6.42 Å². The third-order valence-electron chi connectivity index (χ3n) is 10.5. The molecule has 48 heavy (non-hydrogen) atoms. The molecule has 1 amide bonds. The van der Waals surface area contributed by atoms with E-state index in [9.17, 15) is 20.1 Å². The Hall–Kier alpha value is -0.650.